The molecule has 0 spiro atoms. The van der Waals surface area contributed by atoms with Crippen molar-refractivity contribution in [3.05, 3.63) is 71.8 Å². The van der Waals surface area contributed by atoms with Crippen molar-refractivity contribution in [2.75, 3.05) is 10.6 Å². The summed E-state index contributed by atoms with van der Waals surface area (Å²) in [5.41, 5.74) is 4.45. The van der Waals surface area contributed by atoms with Gasteiger partial charge in [-0.15, -0.1) is 0 Å². The van der Waals surface area contributed by atoms with Gasteiger partial charge in [0, 0.05) is 24.2 Å². The molecule has 1 heterocycles. The Morgan fingerprint density at radius 3 is 2.44 bits per heavy atom. The number of anilines is 2. The van der Waals surface area contributed by atoms with E-state index < -0.39 is 0 Å². The zero-order valence-corrected chi connectivity index (χ0v) is 15.0. The van der Waals surface area contributed by atoms with Crippen LogP contribution in [0.2, 0.25) is 0 Å². The van der Waals surface area contributed by atoms with Crippen LogP contribution in [0.3, 0.4) is 0 Å². The van der Waals surface area contributed by atoms with E-state index in [4.69, 9.17) is 0 Å². The fourth-order valence-electron chi connectivity index (χ4n) is 2.66. The monoisotopic (exact) mass is 332 g/mol. The maximum atomic E-state index is 4.69. The Bertz CT molecular complexity index is 828. The highest BCUT2D eigenvalue weighted by atomic mass is 15.1. The first kappa shape index (κ1) is 17.0. The Morgan fingerprint density at radius 1 is 0.920 bits per heavy atom. The first-order valence-corrected chi connectivity index (χ1v) is 8.60. The molecule has 0 fully saturated rings. The first-order chi connectivity index (χ1) is 12.1. The summed E-state index contributed by atoms with van der Waals surface area (Å²) in [5, 5.41) is 6.72. The summed E-state index contributed by atoms with van der Waals surface area (Å²) >= 11 is 0. The molecule has 0 aliphatic heterocycles. The molecule has 4 heteroatoms. The normalized spacial score (nSPS) is 10.7. The van der Waals surface area contributed by atoms with Crippen molar-refractivity contribution in [3.8, 4) is 11.3 Å². The Hall–Kier alpha value is -2.88. The minimum atomic E-state index is 0.308. The van der Waals surface area contributed by atoms with Gasteiger partial charge in [-0.3, -0.25) is 0 Å². The Labute approximate surface area is 149 Å². The van der Waals surface area contributed by atoms with Crippen molar-refractivity contribution >= 4 is 11.8 Å². The Kier molecular flexibility index (Phi) is 5.29. The van der Waals surface area contributed by atoms with Crippen LogP contribution in [-0.4, -0.2) is 16.0 Å². The van der Waals surface area contributed by atoms with Crippen LogP contribution in [0.15, 0.2) is 60.7 Å². The summed E-state index contributed by atoms with van der Waals surface area (Å²) < 4.78 is 0. The van der Waals surface area contributed by atoms with E-state index in [-0.39, 0.29) is 0 Å². The zero-order valence-electron chi connectivity index (χ0n) is 15.0. The second-order valence-electron chi connectivity index (χ2n) is 6.47. The molecule has 0 radical (unpaired) electrons. The van der Waals surface area contributed by atoms with Crippen molar-refractivity contribution in [2.24, 2.45) is 0 Å². The van der Waals surface area contributed by atoms with Gasteiger partial charge in [0.25, 0.3) is 0 Å². The van der Waals surface area contributed by atoms with Gasteiger partial charge in [0.2, 0.25) is 5.95 Å². The maximum Gasteiger partial charge on any atom is 0.225 e. The van der Waals surface area contributed by atoms with E-state index in [2.05, 4.69) is 77.8 Å². The average molecular weight is 332 g/mol. The van der Waals surface area contributed by atoms with E-state index in [1.807, 2.05) is 24.3 Å². The molecule has 0 aliphatic carbocycles. The highest BCUT2D eigenvalue weighted by molar-refractivity contribution is 5.64. The van der Waals surface area contributed by atoms with Gasteiger partial charge < -0.3 is 10.6 Å². The van der Waals surface area contributed by atoms with Gasteiger partial charge in [-0.25, -0.2) is 4.98 Å². The second kappa shape index (κ2) is 7.79. The lowest BCUT2D eigenvalue weighted by molar-refractivity contribution is 0.886. The first-order valence-electron chi connectivity index (χ1n) is 8.60. The lowest BCUT2D eigenvalue weighted by Crippen LogP contribution is -2.13. The molecular weight excluding hydrogens is 308 g/mol. The number of rotatable bonds is 6. The fourth-order valence-corrected chi connectivity index (χ4v) is 2.66. The van der Waals surface area contributed by atoms with Crippen molar-refractivity contribution < 1.29 is 0 Å². The topological polar surface area (TPSA) is 49.8 Å². The zero-order chi connectivity index (χ0) is 17.6. The molecule has 25 heavy (non-hydrogen) atoms. The summed E-state index contributed by atoms with van der Waals surface area (Å²) in [6.45, 7) is 7.00. The minimum Gasteiger partial charge on any atom is -0.368 e. The molecule has 128 valence electrons. The number of nitrogens with zero attached hydrogens (tertiary/aromatic N) is 2. The van der Waals surface area contributed by atoms with E-state index >= 15 is 0 Å². The molecule has 3 rings (SSSR count). The van der Waals surface area contributed by atoms with Crippen LogP contribution in [0.25, 0.3) is 11.3 Å². The predicted octanol–water partition coefficient (Wildman–Crippen LogP) is 4.88. The van der Waals surface area contributed by atoms with Crippen LogP contribution in [0.5, 0.6) is 0 Å². The molecule has 0 atom stereocenters. The minimum absolute atomic E-state index is 0.308. The molecule has 1 aromatic heterocycles. The fraction of sp³-hybridized carbons (Fsp3) is 0.238. The highest BCUT2D eigenvalue weighted by Gasteiger charge is 2.08. The molecule has 3 aromatic rings. The number of aromatic nitrogens is 2. The second-order valence-corrected chi connectivity index (χ2v) is 6.47. The van der Waals surface area contributed by atoms with Gasteiger partial charge >= 0.3 is 0 Å². The lowest BCUT2D eigenvalue weighted by Gasteiger charge is -2.13. The third-order valence-electron chi connectivity index (χ3n) is 3.77. The van der Waals surface area contributed by atoms with Crippen molar-refractivity contribution in [1.82, 2.24) is 9.97 Å². The molecule has 0 saturated carbocycles. The summed E-state index contributed by atoms with van der Waals surface area (Å²) in [6, 6.07) is 20.9. The third-order valence-corrected chi connectivity index (χ3v) is 3.77. The van der Waals surface area contributed by atoms with Crippen molar-refractivity contribution in [2.45, 2.75) is 33.4 Å². The van der Waals surface area contributed by atoms with Crippen molar-refractivity contribution in [3.63, 3.8) is 0 Å². The maximum absolute atomic E-state index is 4.69. The molecule has 0 aliphatic rings. The summed E-state index contributed by atoms with van der Waals surface area (Å²) in [5.74, 6) is 1.46. The van der Waals surface area contributed by atoms with E-state index in [9.17, 15) is 0 Å². The van der Waals surface area contributed by atoms with Gasteiger partial charge in [-0.1, -0.05) is 60.2 Å². The molecular formula is C21H24N4. The van der Waals surface area contributed by atoms with Gasteiger partial charge in [0.15, 0.2) is 0 Å². The summed E-state index contributed by atoms with van der Waals surface area (Å²) in [6.07, 6.45) is 0. The summed E-state index contributed by atoms with van der Waals surface area (Å²) in [7, 11) is 0. The molecule has 2 N–H and O–H groups in total. The Morgan fingerprint density at radius 2 is 1.72 bits per heavy atom. The largest absolute Gasteiger partial charge is 0.368 e. The molecule has 0 amide bonds. The van der Waals surface area contributed by atoms with Crippen LogP contribution < -0.4 is 10.6 Å². The molecule has 0 unspecified atom stereocenters. The quantitative estimate of drug-likeness (QED) is 0.675. The van der Waals surface area contributed by atoms with E-state index in [1.165, 1.54) is 11.1 Å². The van der Waals surface area contributed by atoms with Gasteiger partial charge in [0.1, 0.15) is 5.82 Å². The van der Waals surface area contributed by atoms with Gasteiger partial charge in [-0.05, 0) is 26.3 Å². The molecule has 0 saturated heterocycles. The number of hydrogen-bond acceptors (Lipinski definition) is 4. The smallest absolute Gasteiger partial charge is 0.225 e. The van der Waals surface area contributed by atoms with Crippen LogP contribution in [0.4, 0.5) is 11.8 Å². The standard InChI is InChI=1S/C21H24N4/c1-15(2)23-20-13-19(18-10-5-4-6-11-18)24-21(25-20)22-14-17-9-7-8-16(3)12-17/h4-13,15H,14H2,1-3H3,(H2,22,23,24,25). The van der Waals surface area contributed by atoms with Gasteiger partial charge in [0.05, 0.1) is 5.69 Å². The predicted molar refractivity (Wildman–Crippen MR) is 105 cm³/mol. The Balaban J connectivity index is 1.86. The number of hydrogen-bond donors (Lipinski definition) is 2. The van der Waals surface area contributed by atoms with E-state index in [1.54, 1.807) is 0 Å². The summed E-state index contributed by atoms with van der Waals surface area (Å²) in [4.78, 5) is 9.29. The van der Waals surface area contributed by atoms with Crippen LogP contribution in [0, 0.1) is 6.92 Å². The third kappa shape index (κ3) is 4.80. The van der Waals surface area contributed by atoms with Crippen LogP contribution in [0.1, 0.15) is 25.0 Å². The van der Waals surface area contributed by atoms with E-state index in [0.717, 1.165) is 17.1 Å². The molecule has 2 aromatic carbocycles. The molecule has 0 bridgehead atoms. The van der Waals surface area contributed by atoms with Crippen LogP contribution in [-0.2, 0) is 6.54 Å². The van der Waals surface area contributed by atoms with Crippen LogP contribution >= 0.6 is 0 Å². The number of nitrogens with one attached hydrogen (secondary N) is 2. The number of aryl methyl sites for hydroxylation is 1. The van der Waals surface area contributed by atoms with E-state index in [0.29, 0.717) is 18.5 Å². The average Bonchev–Trinajstić information content (AvgIpc) is 2.60. The molecule has 4 nitrogen and oxygen atoms in total. The number of benzene rings is 2. The SMILES string of the molecule is Cc1cccc(CNc2nc(NC(C)C)cc(-c3ccccc3)n2)c1. The lowest BCUT2D eigenvalue weighted by atomic mass is 10.1. The van der Waals surface area contributed by atoms with Gasteiger partial charge in [-0.2, -0.15) is 4.98 Å². The van der Waals surface area contributed by atoms with Crippen molar-refractivity contribution in [1.29, 1.82) is 0 Å². The highest BCUT2D eigenvalue weighted by Crippen LogP contribution is 2.22.